The van der Waals surface area contributed by atoms with E-state index in [1.807, 2.05) is 0 Å². The van der Waals surface area contributed by atoms with E-state index < -0.39 is 24.2 Å². The summed E-state index contributed by atoms with van der Waals surface area (Å²) in [6.45, 7) is -1.34. The number of carbonyl (C=O) groups excluding carboxylic acids is 2. The van der Waals surface area contributed by atoms with E-state index in [4.69, 9.17) is 2.74 Å². The summed E-state index contributed by atoms with van der Waals surface area (Å²) in [7, 11) is 0. The van der Waals surface area contributed by atoms with Gasteiger partial charge in [0.1, 0.15) is 11.6 Å². The Hall–Kier alpha value is -2.76. The Balaban J connectivity index is 1.41. The smallest absolute Gasteiger partial charge is 0.317 e. The molecule has 1 N–H and O–H groups in total. The number of hydrogen-bond donors (Lipinski definition) is 1. The lowest BCUT2D eigenvalue weighted by molar-refractivity contribution is 0.0735. The highest BCUT2D eigenvalue weighted by Crippen LogP contribution is 2.43. The summed E-state index contributed by atoms with van der Waals surface area (Å²) in [5.41, 5.74) is 1.20. The molecule has 28 heavy (non-hydrogen) atoms. The minimum atomic E-state index is -2.14. The van der Waals surface area contributed by atoms with Crippen molar-refractivity contribution in [3.8, 4) is 0 Å². The number of hydrogen-bond acceptors (Lipinski definition) is 2. The predicted octanol–water partition coefficient (Wildman–Crippen LogP) is 4.09. The molecule has 4 rings (SSSR count). The van der Waals surface area contributed by atoms with Crippen molar-refractivity contribution in [2.75, 3.05) is 13.1 Å². The van der Waals surface area contributed by atoms with Crippen LogP contribution in [0.1, 0.15) is 43.5 Å². The van der Waals surface area contributed by atoms with Crippen LogP contribution in [0.5, 0.6) is 0 Å². The summed E-state index contributed by atoms with van der Waals surface area (Å²) in [6, 6.07) is 8.68. The van der Waals surface area contributed by atoms with Crippen molar-refractivity contribution < 1.29 is 21.1 Å². The fourth-order valence-corrected chi connectivity index (χ4v) is 4.14. The molecule has 0 aromatic heterocycles. The molecule has 1 spiro atoms. The van der Waals surface area contributed by atoms with Gasteiger partial charge in [0.05, 0.1) is 2.74 Å². The van der Waals surface area contributed by atoms with E-state index >= 15 is 0 Å². The van der Waals surface area contributed by atoms with Crippen LogP contribution >= 0.6 is 0 Å². The zero-order valence-corrected chi connectivity index (χ0v) is 15.3. The van der Waals surface area contributed by atoms with E-state index in [1.54, 1.807) is 6.07 Å². The van der Waals surface area contributed by atoms with Crippen molar-refractivity contribution in [1.29, 1.82) is 0 Å². The molecule has 4 nitrogen and oxygen atoms in total. The molecule has 0 unspecified atom stereocenters. The SMILES string of the molecule is [2H]C([2H])(NC(=O)N1CCC2(CC1)CC(=O)c1cc(F)ccc1C2)c1ccc(F)cc1. The van der Waals surface area contributed by atoms with E-state index in [0.29, 0.717) is 44.3 Å². The lowest BCUT2D eigenvalue weighted by Gasteiger charge is -2.44. The highest BCUT2D eigenvalue weighted by atomic mass is 19.1. The third-order valence-electron chi connectivity index (χ3n) is 5.74. The lowest BCUT2D eigenvalue weighted by Crippen LogP contribution is -2.49. The standard InChI is InChI=1S/C22H22F2N2O2/c23-17-4-1-15(2-5-17)14-25-21(28)26-9-7-22(8-10-26)12-16-3-6-18(24)11-19(16)20(27)13-22/h1-6,11H,7-10,12-14H2,(H,25,28)/i14D2. The maximum atomic E-state index is 13.5. The van der Waals surface area contributed by atoms with Gasteiger partial charge in [-0.1, -0.05) is 18.2 Å². The first-order valence-electron chi connectivity index (χ1n) is 10.3. The van der Waals surface area contributed by atoms with Gasteiger partial charge in [0.25, 0.3) is 0 Å². The van der Waals surface area contributed by atoms with Crippen LogP contribution in [-0.4, -0.2) is 29.8 Å². The molecule has 6 heteroatoms. The Morgan fingerprint density at radius 3 is 2.46 bits per heavy atom. The zero-order valence-electron chi connectivity index (χ0n) is 17.3. The van der Waals surface area contributed by atoms with E-state index in [9.17, 15) is 18.4 Å². The predicted molar refractivity (Wildman–Crippen MR) is 101 cm³/mol. The summed E-state index contributed by atoms with van der Waals surface area (Å²) < 4.78 is 42.8. The molecule has 0 saturated carbocycles. The van der Waals surface area contributed by atoms with Crippen LogP contribution in [0.4, 0.5) is 13.6 Å². The third kappa shape index (κ3) is 3.77. The molecule has 0 bridgehead atoms. The molecule has 1 aliphatic carbocycles. The van der Waals surface area contributed by atoms with Gasteiger partial charge >= 0.3 is 6.03 Å². The van der Waals surface area contributed by atoms with Gasteiger partial charge in [-0.15, -0.1) is 0 Å². The first-order chi connectivity index (χ1) is 14.2. The molecule has 0 atom stereocenters. The number of fused-ring (bicyclic) bond motifs is 1. The maximum absolute atomic E-state index is 13.5. The van der Waals surface area contributed by atoms with Gasteiger partial charge in [-0.25, -0.2) is 13.6 Å². The van der Waals surface area contributed by atoms with Crippen LogP contribution in [-0.2, 0) is 12.9 Å². The molecule has 2 aromatic carbocycles. The normalized spacial score (nSPS) is 19.6. The first kappa shape index (κ1) is 16.2. The molecule has 146 valence electrons. The highest BCUT2D eigenvalue weighted by molar-refractivity contribution is 5.99. The molecule has 0 radical (unpaired) electrons. The number of amides is 2. The number of ketones is 1. The van der Waals surface area contributed by atoms with Crippen molar-refractivity contribution >= 4 is 11.8 Å². The Labute approximate surface area is 165 Å². The fraction of sp³-hybridized carbons (Fsp3) is 0.364. The molecule has 2 aromatic rings. The number of carbonyl (C=O) groups is 2. The largest absolute Gasteiger partial charge is 0.334 e. The number of urea groups is 1. The van der Waals surface area contributed by atoms with Gasteiger partial charge in [-0.3, -0.25) is 4.79 Å². The number of likely N-dealkylation sites (tertiary alicyclic amines) is 1. The number of Topliss-reactive ketones (excluding diaryl/α,β-unsaturated/α-hetero) is 1. The molecule has 1 aliphatic heterocycles. The fourth-order valence-electron chi connectivity index (χ4n) is 4.14. The maximum Gasteiger partial charge on any atom is 0.317 e. The number of nitrogens with one attached hydrogen (secondary N) is 1. The Morgan fingerprint density at radius 1 is 1.07 bits per heavy atom. The zero-order chi connectivity index (χ0) is 21.5. The van der Waals surface area contributed by atoms with Crippen LogP contribution in [0.3, 0.4) is 0 Å². The molecule has 1 fully saturated rings. The van der Waals surface area contributed by atoms with Crippen molar-refractivity contribution in [2.24, 2.45) is 5.41 Å². The van der Waals surface area contributed by atoms with E-state index in [-0.39, 0.29) is 16.8 Å². The first-order valence-corrected chi connectivity index (χ1v) is 9.32. The summed E-state index contributed by atoms with van der Waals surface area (Å²) >= 11 is 0. The van der Waals surface area contributed by atoms with Gasteiger partial charge in [0.2, 0.25) is 0 Å². The number of nitrogens with zero attached hydrogens (tertiary/aromatic N) is 1. The van der Waals surface area contributed by atoms with Gasteiger partial charge in [0, 0.05) is 31.6 Å². The van der Waals surface area contributed by atoms with Crippen molar-refractivity contribution in [3.63, 3.8) is 0 Å². The lowest BCUT2D eigenvalue weighted by atomic mass is 9.66. The quantitative estimate of drug-likeness (QED) is 0.845. The van der Waals surface area contributed by atoms with E-state index in [2.05, 4.69) is 5.32 Å². The second kappa shape index (κ2) is 7.34. The summed E-state index contributed by atoms with van der Waals surface area (Å²) in [5, 5.41) is 2.37. The van der Waals surface area contributed by atoms with Crippen molar-refractivity contribution in [1.82, 2.24) is 10.2 Å². The number of benzene rings is 2. The Morgan fingerprint density at radius 2 is 1.75 bits per heavy atom. The minimum Gasteiger partial charge on any atom is -0.334 e. The monoisotopic (exact) mass is 386 g/mol. The van der Waals surface area contributed by atoms with E-state index in [1.165, 1.54) is 29.2 Å². The Kier molecular flexibility index (Phi) is 4.25. The molecular weight excluding hydrogens is 362 g/mol. The average Bonchev–Trinajstić information content (AvgIpc) is 2.69. The number of piperidine rings is 1. The number of rotatable bonds is 2. The molecular formula is C22H22F2N2O2. The van der Waals surface area contributed by atoms with Gasteiger partial charge in [0.15, 0.2) is 5.78 Å². The van der Waals surface area contributed by atoms with Crippen LogP contribution in [0.15, 0.2) is 42.5 Å². The Bertz CT molecular complexity index is 987. The summed E-state index contributed by atoms with van der Waals surface area (Å²) in [5.74, 6) is -0.963. The van der Waals surface area contributed by atoms with Crippen LogP contribution in [0.2, 0.25) is 0 Å². The van der Waals surface area contributed by atoms with Gasteiger partial charge in [-0.05, 0) is 60.1 Å². The summed E-state index contributed by atoms with van der Waals surface area (Å²) in [4.78, 5) is 26.7. The molecule has 2 amide bonds. The van der Waals surface area contributed by atoms with Gasteiger partial charge < -0.3 is 10.2 Å². The highest BCUT2D eigenvalue weighted by Gasteiger charge is 2.41. The van der Waals surface area contributed by atoms with Crippen molar-refractivity contribution in [2.45, 2.75) is 32.2 Å². The summed E-state index contributed by atoms with van der Waals surface area (Å²) in [6.07, 6.45) is 2.22. The van der Waals surface area contributed by atoms with Crippen molar-refractivity contribution in [3.05, 3.63) is 70.8 Å². The van der Waals surface area contributed by atoms with Crippen LogP contribution in [0, 0.1) is 17.0 Å². The molecule has 2 aliphatic rings. The minimum absolute atomic E-state index is 0.0682. The second-order valence-corrected chi connectivity index (χ2v) is 7.63. The van der Waals surface area contributed by atoms with Crippen LogP contribution < -0.4 is 5.32 Å². The average molecular weight is 386 g/mol. The molecule has 1 saturated heterocycles. The number of halogens is 2. The van der Waals surface area contributed by atoms with Crippen LogP contribution in [0.25, 0.3) is 0 Å². The van der Waals surface area contributed by atoms with Gasteiger partial charge in [-0.2, -0.15) is 0 Å². The van der Waals surface area contributed by atoms with E-state index in [0.717, 1.165) is 17.7 Å². The molecule has 1 heterocycles. The third-order valence-corrected chi connectivity index (χ3v) is 5.74. The topological polar surface area (TPSA) is 49.4 Å². The second-order valence-electron chi connectivity index (χ2n) is 7.63.